The highest BCUT2D eigenvalue weighted by Crippen LogP contribution is 2.35. The van der Waals surface area contributed by atoms with E-state index in [4.69, 9.17) is 4.74 Å². The predicted molar refractivity (Wildman–Crippen MR) is 86.7 cm³/mol. The average molecular weight is 318 g/mol. The van der Waals surface area contributed by atoms with E-state index in [1.807, 2.05) is 20.8 Å². The molecular formula is C17H22N2O4. The molecule has 0 fully saturated rings. The van der Waals surface area contributed by atoms with Crippen LogP contribution in [0, 0.1) is 5.92 Å². The number of carbonyl (C=O) groups excluding carboxylic acids is 3. The summed E-state index contributed by atoms with van der Waals surface area (Å²) in [7, 11) is 0. The first-order chi connectivity index (χ1) is 11.0. The van der Waals surface area contributed by atoms with Gasteiger partial charge in [0.05, 0.1) is 5.69 Å². The molecule has 2 rings (SSSR count). The normalized spacial score (nSPS) is 16.8. The Kier molecular flexibility index (Phi) is 5.36. The second kappa shape index (κ2) is 7.26. The Hall–Kier alpha value is -2.37. The zero-order valence-corrected chi connectivity index (χ0v) is 13.7. The largest absolute Gasteiger partial charge is 0.478 e. The molecule has 1 aliphatic rings. The fourth-order valence-electron chi connectivity index (χ4n) is 2.35. The van der Waals surface area contributed by atoms with Crippen molar-refractivity contribution in [2.45, 2.75) is 33.3 Å². The van der Waals surface area contributed by atoms with Crippen LogP contribution in [-0.2, 0) is 9.59 Å². The molecular weight excluding hydrogens is 296 g/mol. The van der Waals surface area contributed by atoms with Crippen LogP contribution in [0.1, 0.15) is 37.6 Å². The van der Waals surface area contributed by atoms with Crippen LogP contribution >= 0.6 is 0 Å². The Balaban J connectivity index is 2.26. The van der Waals surface area contributed by atoms with E-state index in [1.165, 1.54) is 4.90 Å². The summed E-state index contributed by atoms with van der Waals surface area (Å²) in [5.74, 6) is 0.351. The lowest BCUT2D eigenvalue weighted by Gasteiger charge is -2.33. The number of hydrogen-bond donors (Lipinski definition) is 1. The Morgan fingerprint density at radius 3 is 2.78 bits per heavy atom. The fraction of sp³-hybridized carbons (Fsp3) is 0.471. The topological polar surface area (TPSA) is 75.7 Å². The zero-order chi connectivity index (χ0) is 17.0. The number of aldehydes is 1. The van der Waals surface area contributed by atoms with Crippen molar-refractivity contribution in [3.8, 4) is 5.75 Å². The number of amides is 2. The highest BCUT2D eigenvalue weighted by atomic mass is 16.5. The Morgan fingerprint density at radius 2 is 2.17 bits per heavy atom. The van der Waals surface area contributed by atoms with Gasteiger partial charge in [-0.3, -0.25) is 19.3 Å². The molecule has 124 valence electrons. The van der Waals surface area contributed by atoms with E-state index in [-0.39, 0.29) is 18.4 Å². The lowest BCUT2D eigenvalue weighted by atomic mass is 10.1. The summed E-state index contributed by atoms with van der Waals surface area (Å²) in [6.07, 6.45) is 0.605. The van der Waals surface area contributed by atoms with Crippen molar-refractivity contribution in [1.82, 2.24) is 5.32 Å². The number of fused-ring (bicyclic) bond motifs is 1. The van der Waals surface area contributed by atoms with E-state index in [2.05, 4.69) is 5.32 Å². The summed E-state index contributed by atoms with van der Waals surface area (Å²) in [6.45, 7) is 6.32. The van der Waals surface area contributed by atoms with Gasteiger partial charge in [0.15, 0.2) is 6.10 Å². The Labute approximate surface area is 135 Å². The molecule has 1 unspecified atom stereocenters. The van der Waals surface area contributed by atoms with Crippen LogP contribution < -0.4 is 15.0 Å². The Bertz CT molecular complexity index is 613. The predicted octanol–water partition coefficient (Wildman–Crippen LogP) is 1.78. The van der Waals surface area contributed by atoms with Gasteiger partial charge in [0.1, 0.15) is 18.6 Å². The number of carbonyl (C=O) groups is 3. The molecule has 1 aromatic carbocycles. The van der Waals surface area contributed by atoms with Crippen LogP contribution in [-0.4, -0.2) is 37.3 Å². The van der Waals surface area contributed by atoms with Crippen molar-refractivity contribution in [1.29, 1.82) is 0 Å². The van der Waals surface area contributed by atoms with Crippen molar-refractivity contribution < 1.29 is 19.1 Å². The van der Waals surface area contributed by atoms with Gasteiger partial charge < -0.3 is 10.1 Å². The maximum atomic E-state index is 12.5. The lowest BCUT2D eigenvalue weighted by molar-refractivity contribution is -0.129. The third-order valence-corrected chi connectivity index (χ3v) is 3.60. The summed E-state index contributed by atoms with van der Waals surface area (Å²) >= 11 is 0. The lowest BCUT2D eigenvalue weighted by Crippen LogP contribution is -2.50. The highest BCUT2D eigenvalue weighted by Gasteiger charge is 2.34. The Morgan fingerprint density at radius 1 is 1.43 bits per heavy atom. The maximum absolute atomic E-state index is 12.5. The van der Waals surface area contributed by atoms with Gasteiger partial charge in [-0.1, -0.05) is 20.8 Å². The monoisotopic (exact) mass is 318 g/mol. The first-order valence-electron chi connectivity index (χ1n) is 7.80. The van der Waals surface area contributed by atoms with Crippen LogP contribution in [0.25, 0.3) is 0 Å². The van der Waals surface area contributed by atoms with Crippen molar-refractivity contribution in [2.75, 3.05) is 18.0 Å². The van der Waals surface area contributed by atoms with Gasteiger partial charge in [-0.05, 0) is 30.5 Å². The highest BCUT2D eigenvalue weighted by molar-refractivity contribution is 6.04. The smallest absolute Gasteiger partial charge is 0.268 e. The van der Waals surface area contributed by atoms with Gasteiger partial charge in [-0.15, -0.1) is 0 Å². The molecule has 1 N–H and O–H groups in total. The third-order valence-electron chi connectivity index (χ3n) is 3.60. The first-order valence-corrected chi connectivity index (χ1v) is 7.80. The van der Waals surface area contributed by atoms with Crippen LogP contribution in [0.2, 0.25) is 0 Å². The quantitative estimate of drug-likeness (QED) is 0.811. The van der Waals surface area contributed by atoms with Gasteiger partial charge in [0.25, 0.3) is 5.91 Å². The average Bonchev–Trinajstić information content (AvgIpc) is 2.54. The van der Waals surface area contributed by atoms with Gasteiger partial charge in [0.2, 0.25) is 5.91 Å². The summed E-state index contributed by atoms with van der Waals surface area (Å²) in [4.78, 5) is 37.0. The minimum atomic E-state index is -0.609. The molecule has 0 radical (unpaired) electrons. The zero-order valence-electron chi connectivity index (χ0n) is 13.7. The maximum Gasteiger partial charge on any atom is 0.268 e. The van der Waals surface area contributed by atoms with E-state index in [9.17, 15) is 14.4 Å². The van der Waals surface area contributed by atoms with Gasteiger partial charge in [-0.25, -0.2) is 0 Å². The number of ether oxygens (including phenoxy) is 1. The van der Waals surface area contributed by atoms with E-state index in [0.29, 0.717) is 42.2 Å². The van der Waals surface area contributed by atoms with E-state index < -0.39 is 6.10 Å². The molecule has 6 nitrogen and oxygen atoms in total. The van der Waals surface area contributed by atoms with Crippen molar-refractivity contribution in [3.63, 3.8) is 0 Å². The second-order valence-corrected chi connectivity index (χ2v) is 5.98. The summed E-state index contributed by atoms with van der Waals surface area (Å²) < 4.78 is 5.66. The van der Waals surface area contributed by atoms with Gasteiger partial charge >= 0.3 is 0 Å². The van der Waals surface area contributed by atoms with Crippen LogP contribution in [0.3, 0.4) is 0 Å². The molecule has 6 heteroatoms. The van der Waals surface area contributed by atoms with E-state index >= 15 is 0 Å². The number of nitrogens with one attached hydrogen (secondary N) is 1. The standard InChI is InChI=1S/C17H22N2O4/c1-4-14-17(22)19(9-16(21)18-8-11(2)3)13-7-12(10-20)5-6-15(13)23-14/h5-7,10-11,14H,4,8-9H2,1-3H3,(H,18,21). The van der Waals surface area contributed by atoms with Gasteiger partial charge in [-0.2, -0.15) is 0 Å². The molecule has 0 spiro atoms. The van der Waals surface area contributed by atoms with Crippen LogP contribution in [0.4, 0.5) is 5.69 Å². The number of anilines is 1. The molecule has 1 aliphatic heterocycles. The fourth-order valence-corrected chi connectivity index (χ4v) is 2.35. The molecule has 1 atom stereocenters. The van der Waals surface area contributed by atoms with E-state index in [1.54, 1.807) is 18.2 Å². The summed E-state index contributed by atoms with van der Waals surface area (Å²) in [5.41, 5.74) is 0.895. The van der Waals surface area contributed by atoms with Gasteiger partial charge in [0, 0.05) is 12.1 Å². The molecule has 1 aromatic rings. The molecule has 1 heterocycles. The molecule has 0 aromatic heterocycles. The summed E-state index contributed by atoms with van der Waals surface area (Å²) in [5, 5.41) is 2.80. The summed E-state index contributed by atoms with van der Waals surface area (Å²) in [6, 6.07) is 4.86. The molecule has 0 saturated carbocycles. The SMILES string of the molecule is CCC1Oc2ccc(C=O)cc2N(CC(=O)NCC(C)C)C1=O. The second-order valence-electron chi connectivity index (χ2n) is 5.98. The van der Waals surface area contributed by atoms with Crippen molar-refractivity contribution in [3.05, 3.63) is 23.8 Å². The third kappa shape index (κ3) is 3.88. The van der Waals surface area contributed by atoms with Crippen LogP contribution in [0.15, 0.2) is 18.2 Å². The first kappa shape index (κ1) is 17.0. The number of hydrogen-bond acceptors (Lipinski definition) is 4. The number of nitrogens with zero attached hydrogens (tertiary/aromatic N) is 1. The molecule has 0 bridgehead atoms. The van der Waals surface area contributed by atoms with Crippen LogP contribution in [0.5, 0.6) is 5.75 Å². The molecule has 2 amide bonds. The number of rotatable bonds is 6. The molecule has 0 aliphatic carbocycles. The number of benzene rings is 1. The minimum Gasteiger partial charge on any atom is -0.478 e. The molecule has 0 saturated heterocycles. The van der Waals surface area contributed by atoms with Crippen molar-refractivity contribution >= 4 is 23.8 Å². The minimum absolute atomic E-state index is 0.0826. The molecule has 23 heavy (non-hydrogen) atoms. The van der Waals surface area contributed by atoms with Crippen molar-refractivity contribution in [2.24, 2.45) is 5.92 Å². The van der Waals surface area contributed by atoms with E-state index in [0.717, 1.165) is 0 Å².